The van der Waals surface area contributed by atoms with Crippen LogP contribution in [0.5, 0.6) is 0 Å². The minimum Gasteiger partial charge on any atom is -0.298 e. The molecule has 2 unspecified atom stereocenters. The Morgan fingerprint density at radius 3 is 2.00 bits per heavy atom. The molecule has 2 aliphatic rings. The summed E-state index contributed by atoms with van der Waals surface area (Å²) in [4.78, 5) is 2.74. The average molecular weight is 213 g/mol. The SMILES string of the molecule is CC.CC.CC1CCCC2CCCCN12. The molecular weight excluding hydrogens is 182 g/mol. The maximum atomic E-state index is 2.74. The van der Waals surface area contributed by atoms with E-state index in [0.29, 0.717) is 0 Å². The molecular formula is C14H31N. The monoisotopic (exact) mass is 213 g/mol. The molecule has 0 aromatic carbocycles. The molecule has 92 valence electrons. The Morgan fingerprint density at radius 2 is 1.40 bits per heavy atom. The van der Waals surface area contributed by atoms with Crippen molar-refractivity contribution in [2.75, 3.05) is 6.54 Å². The standard InChI is InChI=1S/C10H19N.2C2H6/c1-9-5-4-7-10-6-2-3-8-11(9)10;2*1-2/h9-10H,2-8H2,1H3;2*1-2H3. The summed E-state index contributed by atoms with van der Waals surface area (Å²) in [5.41, 5.74) is 0. The maximum absolute atomic E-state index is 2.74. The van der Waals surface area contributed by atoms with E-state index < -0.39 is 0 Å². The summed E-state index contributed by atoms with van der Waals surface area (Å²) < 4.78 is 0. The van der Waals surface area contributed by atoms with Gasteiger partial charge in [0.1, 0.15) is 0 Å². The lowest BCUT2D eigenvalue weighted by Gasteiger charge is -2.43. The number of hydrogen-bond acceptors (Lipinski definition) is 1. The van der Waals surface area contributed by atoms with Crippen molar-refractivity contribution in [3.63, 3.8) is 0 Å². The van der Waals surface area contributed by atoms with Gasteiger partial charge < -0.3 is 0 Å². The molecule has 0 bridgehead atoms. The van der Waals surface area contributed by atoms with Crippen molar-refractivity contribution in [2.24, 2.45) is 0 Å². The van der Waals surface area contributed by atoms with E-state index in [4.69, 9.17) is 0 Å². The number of nitrogens with zero attached hydrogens (tertiary/aromatic N) is 1. The second kappa shape index (κ2) is 9.21. The first kappa shape index (κ1) is 15.0. The van der Waals surface area contributed by atoms with Crippen LogP contribution in [0.1, 0.15) is 73.1 Å². The van der Waals surface area contributed by atoms with Crippen LogP contribution in [0.25, 0.3) is 0 Å². The van der Waals surface area contributed by atoms with Crippen LogP contribution in [0.4, 0.5) is 0 Å². The zero-order valence-corrected chi connectivity index (χ0v) is 11.6. The quantitative estimate of drug-likeness (QED) is 0.574. The normalized spacial score (nSPS) is 30.2. The van der Waals surface area contributed by atoms with Crippen molar-refractivity contribution in [1.29, 1.82) is 0 Å². The molecule has 0 amide bonds. The predicted molar refractivity (Wildman–Crippen MR) is 70.4 cm³/mol. The molecule has 15 heavy (non-hydrogen) atoms. The van der Waals surface area contributed by atoms with E-state index in [1.807, 2.05) is 27.7 Å². The molecule has 1 nitrogen and oxygen atoms in total. The highest BCUT2D eigenvalue weighted by atomic mass is 15.2. The lowest BCUT2D eigenvalue weighted by Crippen LogP contribution is -2.47. The molecule has 2 rings (SSSR count). The Morgan fingerprint density at radius 1 is 0.800 bits per heavy atom. The predicted octanol–water partition coefficient (Wildman–Crippen LogP) is 4.47. The second-order valence-corrected chi connectivity index (χ2v) is 4.17. The Balaban J connectivity index is 0.000000442. The van der Waals surface area contributed by atoms with E-state index in [9.17, 15) is 0 Å². The lowest BCUT2D eigenvalue weighted by molar-refractivity contribution is 0.0614. The molecule has 0 aliphatic carbocycles. The van der Waals surface area contributed by atoms with Gasteiger partial charge in [0, 0.05) is 12.1 Å². The minimum atomic E-state index is 0.883. The Bertz CT molecular complexity index is 131. The summed E-state index contributed by atoms with van der Waals surface area (Å²) in [7, 11) is 0. The summed E-state index contributed by atoms with van der Waals surface area (Å²) in [6, 6.07) is 1.85. The molecule has 0 N–H and O–H groups in total. The third-order valence-electron chi connectivity index (χ3n) is 3.40. The Labute approximate surface area is 97.2 Å². The maximum Gasteiger partial charge on any atom is 0.00980 e. The largest absolute Gasteiger partial charge is 0.298 e. The third kappa shape index (κ3) is 4.55. The van der Waals surface area contributed by atoms with Gasteiger partial charge in [0.15, 0.2) is 0 Å². The highest BCUT2D eigenvalue weighted by Gasteiger charge is 2.29. The third-order valence-corrected chi connectivity index (χ3v) is 3.40. The van der Waals surface area contributed by atoms with Gasteiger partial charge in [0.25, 0.3) is 0 Å². The first-order valence-electron chi connectivity index (χ1n) is 7.13. The topological polar surface area (TPSA) is 3.24 Å². The summed E-state index contributed by atoms with van der Waals surface area (Å²) in [6.07, 6.45) is 8.79. The van der Waals surface area contributed by atoms with E-state index in [0.717, 1.165) is 12.1 Å². The van der Waals surface area contributed by atoms with Crippen LogP contribution in [0, 0.1) is 0 Å². The molecule has 2 atom stereocenters. The van der Waals surface area contributed by atoms with Gasteiger partial charge in [-0.05, 0) is 39.2 Å². The van der Waals surface area contributed by atoms with Crippen molar-refractivity contribution in [3.05, 3.63) is 0 Å². The van der Waals surface area contributed by atoms with Gasteiger partial charge in [0.05, 0.1) is 0 Å². The van der Waals surface area contributed by atoms with Gasteiger partial charge in [-0.2, -0.15) is 0 Å². The van der Waals surface area contributed by atoms with Crippen LogP contribution in [0.3, 0.4) is 0 Å². The Hall–Kier alpha value is -0.0400. The molecule has 2 saturated heterocycles. The van der Waals surface area contributed by atoms with Crippen LogP contribution < -0.4 is 0 Å². The van der Waals surface area contributed by atoms with Gasteiger partial charge in [-0.25, -0.2) is 0 Å². The van der Waals surface area contributed by atoms with E-state index in [1.54, 1.807) is 0 Å². The van der Waals surface area contributed by atoms with E-state index in [-0.39, 0.29) is 0 Å². The highest BCUT2D eigenvalue weighted by Crippen LogP contribution is 2.29. The Kier molecular flexibility index (Phi) is 9.18. The van der Waals surface area contributed by atoms with Crippen molar-refractivity contribution >= 4 is 0 Å². The average Bonchev–Trinajstić information content (AvgIpc) is 2.35. The first-order valence-corrected chi connectivity index (χ1v) is 7.13. The molecule has 0 spiro atoms. The van der Waals surface area contributed by atoms with Crippen LogP contribution in [-0.2, 0) is 0 Å². The van der Waals surface area contributed by atoms with Gasteiger partial charge in [-0.1, -0.05) is 40.5 Å². The summed E-state index contributed by atoms with van der Waals surface area (Å²) in [5, 5.41) is 0. The van der Waals surface area contributed by atoms with E-state index in [1.165, 1.54) is 45.1 Å². The highest BCUT2D eigenvalue weighted by molar-refractivity contribution is 4.84. The van der Waals surface area contributed by atoms with Crippen LogP contribution in [-0.4, -0.2) is 23.5 Å². The van der Waals surface area contributed by atoms with Crippen LogP contribution in [0.15, 0.2) is 0 Å². The number of fused-ring (bicyclic) bond motifs is 1. The minimum absolute atomic E-state index is 0.883. The van der Waals surface area contributed by atoms with Gasteiger partial charge >= 0.3 is 0 Å². The summed E-state index contributed by atoms with van der Waals surface area (Å²) in [6.45, 7) is 11.8. The van der Waals surface area contributed by atoms with Crippen molar-refractivity contribution < 1.29 is 0 Å². The molecule has 2 fully saturated rings. The van der Waals surface area contributed by atoms with Gasteiger partial charge in [-0.3, -0.25) is 4.90 Å². The fourth-order valence-electron chi connectivity index (χ4n) is 2.73. The van der Waals surface area contributed by atoms with E-state index >= 15 is 0 Å². The smallest absolute Gasteiger partial charge is 0.00980 e. The molecule has 2 aliphatic heterocycles. The van der Waals surface area contributed by atoms with Crippen molar-refractivity contribution in [3.8, 4) is 0 Å². The zero-order chi connectivity index (χ0) is 11.7. The molecule has 2 heterocycles. The number of hydrogen-bond donors (Lipinski definition) is 0. The molecule has 0 aromatic rings. The second-order valence-electron chi connectivity index (χ2n) is 4.17. The number of piperidine rings is 2. The number of rotatable bonds is 0. The van der Waals surface area contributed by atoms with Crippen molar-refractivity contribution in [1.82, 2.24) is 4.90 Å². The molecule has 0 radical (unpaired) electrons. The van der Waals surface area contributed by atoms with E-state index in [2.05, 4.69) is 11.8 Å². The molecule has 0 saturated carbocycles. The first-order chi connectivity index (χ1) is 7.38. The summed E-state index contributed by atoms with van der Waals surface area (Å²) >= 11 is 0. The van der Waals surface area contributed by atoms with Crippen LogP contribution >= 0.6 is 0 Å². The van der Waals surface area contributed by atoms with Gasteiger partial charge in [0.2, 0.25) is 0 Å². The fraction of sp³-hybridized carbons (Fsp3) is 1.00. The molecule has 0 aromatic heterocycles. The van der Waals surface area contributed by atoms with Crippen molar-refractivity contribution in [2.45, 2.75) is 85.2 Å². The summed E-state index contributed by atoms with van der Waals surface area (Å²) in [5.74, 6) is 0. The van der Waals surface area contributed by atoms with Gasteiger partial charge in [-0.15, -0.1) is 0 Å². The lowest BCUT2D eigenvalue weighted by atomic mass is 9.90. The zero-order valence-electron chi connectivity index (χ0n) is 11.6. The van der Waals surface area contributed by atoms with Crippen LogP contribution in [0.2, 0.25) is 0 Å². The fourth-order valence-corrected chi connectivity index (χ4v) is 2.73. The molecule has 1 heteroatoms.